The Labute approximate surface area is 151 Å². The number of halogens is 1. The quantitative estimate of drug-likeness (QED) is 0.862. The van der Waals surface area contributed by atoms with Crippen molar-refractivity contribution in [2.75, 3.05) is 0 Å². The maximum atomic E-state index is 13.0. The normalized spacial score (nSPS) is 26.5. The van der Waals surface area contributed by atoms with Gasteiger partial charge in [0.2, 0.25) is 5.91 Å². The number of amides is 2. The van der Waals surface area contributed by atoms with E-state index in [1.807, 2.05) is 0 Å². The molecule has 6 nitrogen and oxygen atoms in total. The molecule has 3 rings (SSSR count). The van der Waals surface area contributed by atoms with Gasteiger partial charge in [0.05, 0.1) is 0 Å². The Hall–Kier alpha value is -2.08. The van der Waals surface area contributed by atoms with E-state index in [4.69, 9.17) is 11.6 Å². The number of benzene rings is 1. The number of rotatable bonds is 3. The topological polar surface area (TPSA) is 86.7 Å². The van der Waals surface area contributed by atoms with Crippen LogP contribution in [0.3, 0.4) is 0 Å². The molecule has 25 heavy (non-hydrogen) atoms. The van der Waals surface area contributed by atoms with Crippen LogP contribution in [-0.2, 0) is 9.59 Å². The molecule has 134 valence electrons. The van der Waals surface area contributed by atoms with Crippen LogP contribution in [0.1, 0.15) is 48.9 Å². The molecular formula is C18H21ClN2O4. The lowest BCUT2D eigenvalue weighted by molar-refractivity contribution is -0.151. The number of hydrogen-bond donors (Lipinski definition) is 2. The summed E-state index contributed by atoms with van der Waals surface area (Å²) in [5.41, 5.74) is 0.384. The Morgan fingerprint density at radius 1 is 1.16 bits per heavy atom. The number of carboxylic acids is 1. The Kier molecular flexibility index (Phi) is 5.27. The lowest BCUT2D eigenvalue weighted by atomic mass is 9.98. The van der Waals surface area contributed by atoms with E-state index < -0.39 is 18.1 Å². The summed E-state index contributed by atoms with van der Waals surface area (Å²) in [7, 11) is 0. The Balaban J connectivity index is 1.78. The maximum Gasteiger partial charge on any atom is 0.326 e. The standard InChI is InChI=1S/C18H21ClN2O4/c19-12-5-3-4-11(10-12)16(22)20-14-7-2-1-6-13-8-9-15(18(24)25)21(13)17(14)23/h3-5,10,13-15H,1-2,6-9H2,(H,20,22)(H,24,25)/t13-,14-,15-/m0/s1. The zero-order valence-electron chi connectivity index (χ0n) is 13.8. The van der Waals surface area contributed by atoms with Crippen LogP contribution in [-0.4, -0.2) is 45.9 Å². The van der Waals surface area contributed by atoms with Gasteiger partial charge in [-0.1, -0.05) is 30.5 Å². The van der Waals surface area contributed by atoms with Crippen molar-refractivity contribution in [2.24, 2.45) is 0 Å². The van der Waals surface area contributed by atoms with Crippen LogP contribution in [0, 0.1) is 0 Å². The number of aliphatic carboxylic acids is 1. The number of hydrogen-bond acceptors (Lipinski definition) is 3. The minimum Gasteiger partial charge on any atom is -0.480 e. The summed E-state index contributed by atoms with van der Waals surface area (Å²) in [5, 5.41) is 12.6. The Bertz CT molecular complexity index is 693. The minimum absolute atomic E-state index is 0.0422. The van der Waals surface area contributed by atoms with Gasteiger partial charge in [-0.3, -0.25) is 9.59 Å². The van der Waals surface area contributed by atoms with E-state index in [1.54, 1.807) is 24.3 Å². The van der Waals surface area contributed by atoms with Crippen molar-refractivity contribution in [3.8, 4) is 0 Å². The summed E-state index contributed by atoms with van der Waals surface area (Å²) in [5.74, 6) is -1.63. The number of nitrogens with zero attached hydrogens (tertiary/aromatic N) is 1. The first-order chi connectivity index (χ1) is 12.0. The van der Waals surface area contributed by atoms with Crippen molar-refractivity contribution in [3.05, 3.63) is 34.9 Å². The summed E-state index contributed by atoms with van der Waals surface area (Å²) in [6.45, 7) is 0. The number of nitrogens with one attached hydrogen (secondary N) is 1. The average Bonchev–Trinajstić information content (AvgIpc) is 2.99. The molecule has 2 N–H and O–H groups in total. The second kappa shape index (κ2) is 7.44. The third kappa shape index (κ3) is 3.79. The number of carbonyl (C=O) groups excluding carboxylic acids is 2. The van der Waals surface area contributed by atoms with E-state index in [0.29, 0.717) is 29.8 Å². The predicted octanol–water partition coefficient (Wildman–Crippen LogP) is 2.46. The van der Waals surface area contributed by atoms with Crippen molar-refractivity contribution >= 4 is 29.4 Å². The second-order valence-corrected chi connectivity index (χ2v) is 7.09. The van der Waals surface area contributed by atoms with E-state index in [9.17, 15) is 19.5 Å². The number of carboxylic acid groups (broad SMARTS) is 1. The largest absolute Gasteiger partial charge is 0.480 e. The first kappa shape index (κ1) is 17.7. The molecule has 1 aromatic rings. The van der Waals surface area contributed by atoms with Crippen LogP contribution in [0.15, 0.2) is 24.3 Å². The molecule has 0 spiro atoms. The molecule has 0 unspecified atom stereocenters. The van der Waals surface area contributed by atoms with E-state index in [1.165, 1.54) is 4.90 Å². The van der Waals surface area contributed by atoms with Crippen molar-refractivity contribution in [1.82, 2.24) is 10.2 Å². The highest BCUT2D eigenvalue weighted by Gasteiger charge is 2.43. The summed E-state index contributed by atoms with van der Waals surface area (Å²) in [6, 6.07) is 4.99. The number of carbonyl (C=O) groups is 3. The molecule has 1 aromatic carbocycles. The molecule has 0 aliphatic carbocycles. The second-order valence-electron chi connectivity index (χ2n) is 6.65. The highest BCUT2D eigenvalue weighted by molar-refractivity contribution is 6.31. The van der Waals surface area contributed by atoms with Gasteiger partial charge in [-0.15, -0.1) is 0 Å². The molecule has 2 fully saturated rings. The van der Waals surface area contributed by atoms with Crippen molar-refractivity contribution in [3.63, 3.8) is 0 Å². The monoisotopic (exact) mass is 364 g/mol. The van der Waals surface area contributed by atoms with Crippen molar-refractivity contribution < 1.29 is 19.5 Å². The van der Waals surface area contributed by atoms with Gasteiger partial charge >= 0.3 is 5.97 Å². The highest BCUT2D eigenvalue weighted by atomic mass is 35.5. The van der Waals surface area contributed by atoms with Crippen LogP contribution in [0.5, 0.6) is 0 Å². The maximum absolute atomic E-state index is 13.0. The smallest absolute Gasteiger partial charge is 0.326 e. The Morgan fingerprint density at radius 2 is 1.92 bits per heavy atom. The van der Waals surface area contributed by atoms with Gasteiger partial charge in [-0.05, 0) is 43.9 Å². The Morgan fingerprint density at radius 3 is 2.64 bits per heavy atom. The highest BCUT2D eigenvalue weighted by Crippen LogP contribution is 2.31. The fraction of sp³-hybridized carbons (Fsp3) is 0.500. The molecule has 2 aliphatic rings. The van der Waals surface area contributed by atoms with Crippen LogP contribution in [0.2, 0.25) is 5.02 Å². The zero-order chi connectivity index (χ0) is 18.0. The van der Waals surface area contributed by atoms with Crippen molar-refractivity contribution in [2.45, 2.75) is 56.7 Å². The molecule has 3 atom stereocenters. The summed E-state index contributed by atoms with van der Waals surface area (Å²) in [6.07, 6.45) is 4.27. The van der Waals surface area contributed by atoms with E-state index in [0.717, 1.165) is 19.3 Å². The molecule has 0 radical (unpaired) electrons. The van der Waals surface area contributed by atoms with Gasteiger partial charge in [0.1, 0.15) is 12.1 Å². The first-order valence-electron chi connectivity index (χ1n) is 8.59. The average molecular weight is 365 g/mol. The van der Waals surface area contributed by atoms with Crippen molar-refractivity contribution in [1.29, 1.82) is 0 Å². The molecule has 0 saturated carbocycles. The van der Waals surface area contributed by atoms with Gasteiger partial charge in [-0.2, -0.15) is 0 Å². The predicted molar refractivity (Wildman–Crippen MR) is 92.5 cm³/mol. The zero-order valence-corrected chi connectivity index (χ0v) is 14.5. The van der Waals surface area contributed by atoms with Gasteiger partial charge in [0.15, 0.2) is 0 Å². The third-order valence-corrected chi connectivity index (χ3v) is 5.25. The molecule has 2 amide bonds. The summed E-state index contributed by atoms with van der Waals surface area (Å²) >= 11 is 5.91. The lowest BCUT2D eigenvalue weighted by Crippen LogP contribution is -2.54. The van der Waals surface area contributed by atoms with E-state index in [2.05, 4.69) is 5.32 Å². The van der Waals surface area contributed by atoms with E-state index in [-0.39, 0.29) is 17.9 Å². The summed E-state index contributed by atoms with van der Waals surface area (Å²) < 4.78 is 0. The van der Waals surface area contributed by atoms with Gasteiger partial charge < -0.3 is 15.3 Å². The molecule has 0 bridgehead atoms. The third-order valence-electron chi connectivity index (χ3n) is 5.01. The number of fused-ring (bicyclic) bond motifs is 1. The molecule has 2 heterocycles. The summed E-state index contributed by atoms with van der Waals surface area (Å²) in [4.78, 5) is 38.4. The first-order valence-corrected chi connectivity index (χ1v) is 8.96. The molecule has 7 heteroatoms. The SMILES string of the molecule is O=C(N[C@H]1CCCC[C@H]2CC[C@@H](C(=O)O)N2C1=O)c1cccc(Cl)c1. The molecular weight excluding hydrogens is 344 g/mol. The van der Waals surface area contributed by atoms with E-state index >= 15 is 0 Å². The fourth-order valence-corrected chi connectivity index (χ4v) is 3.97. The van der Waals surface area contributed by atoms with Crippen LogP contribution >= 0.6 is 11.6 Å². The molecule has 2 aliphatic heterocycles. The lowest BCUT2D eigenvalue weighted by Gasteiger charge is -2.34. The van der Waals surface area contributed by atoms with Crippen LogP contribution in [0.4, 0.5) is 0 Å². The molecule has 0 aromatic heterocycles. The van der Waals surface area contributed by atoms with Gasteiger partial charge in [0, 0.05) is 16.6 Å². The van der Waals surface area contributed by atoms with Gasteiger partial charge in [-0.25, -0.2) is 4.79 Å². The van der Waals surface area contributed by atoms with Gasteiger partial charge in [0.25, 0.3) is 5.91 Å². The minimum atomic E-state index is -0.976. The van der Waals surface area contributed by atoms with Crippen LogP contribution < -0.4 is 5.32 Å². The molecule has 2 saturated heterocycles. The fourth-order valence-electron chi connectivity index (χ4n) is 3.78. The van der Waals surface area contributed by atoms with Crippen LogP contribution in [0.25, 0.3) is 0 Å².